The molecule has 0 aliphatic carbocycles. The van der Waals surface area contributed by atoms with E-state index in [0.29, 0.717) is 36.8 Å². The Morgan fingerprint density at radius 1 is 1.35 bits per heavy atom. The van der Waals surface area contributed by atoms with Gasteiger partial charge in [0.1, 0.15) is 11.6 Å². The molecule has 0 bridgehead atoms. The van der Waals surface area contributed by atoms with E-state index in [1.165, 1.54) is 6.08 Å². The molecule has 31 heavy (non-hydrogen) atoms. The Bertz CT molecular complexity index is 1030. The number of piperidine rings is 1. The van der Waals surface area contributed by atoms with Gasteiger partial charge in [-0.3, -0.25) is 4.79 Å². The zero-order valence-electron chi connectivity index (χ0n) is 17.9. The number of aromatic hydroxyl groups is 1. The summed E-state index contributed by atoms with van der Waals surface area (Å²) in [6.45, 7) is 7.60. The number of hydrogen-bond acceptors (Lipinski definition) is 5. The molecule has 1 spiro atoms. The van der Waals surface area contributed by atoms with Crippen LogP contribution in [-0.2, 0) is 9.53 Å². The summed E-state index contributed by atoms with van der Waals surface area (Å²) in [5.74, 6) is 0.877. The Morgan fingerprint density at radius 2 is 2.06 bits per heavy atom. The van der Waals surface area contributed by atoms with Crippen molar-refractivity contribution in [1.29, 1.82) is 0 Å². The number of nitrogen functional groups attached to an aromatic ring is 1. The maximum Gasteiger partial charge on any atom is 0.245 e. The van der Waals surface area contributed by atoms with Gasteiger partial charge in [0.15, 0.2) is 0 Å². The van der Waals surface area contributed by atoms with E-state index in [4.69, 9.17) is 16.2 Å². The lowest BCUT2D eigenvalue weighted by Crippen LogP contribution is -2.45. The third-order valence-corrected chi connectivity index (χ3v) is 6.66. The maximum atomic E-state index is 11.9. The number of benzene rings is 1. The number of likely N-dealkylation sites (tertiary alicyclic amines) is 1. The monoisotopic (exact) mass is 422 g/mol. The van der Waals surface area contributed by atoms with Crippen molar-refractivity contribution in [2.24, 2.45) is 5.73 Å². The third kappa shape index (κ3) is 3.93. The molecule has 2 aliphatic heterocycles. The van der Waals surface area contributed by atoms with Gasteiger partial charge in [-0.2, -0.15) is 0 Å². The highest BCUT2D eigenvalue weighted by molar-refractivity contribution is 5.87. The smallest absolute Gasteiger partial charge is 0.245 e. The Labute approximate surface area is 182 Å². The van der Waals surface area contributed by atoms with Crippen molar-refractivity contribution < 1.29 is 14.6 Å². The van der Waals surface area contributed by atoms with Crippen molar-refractivity contribution in [2.45, 2.75) is 37.7 Å². The average molecular weight is 423 g/mol. The zero-order valence-corrected chi connectivity index (χ0v) is 17.9. The molecule has 0 radical (unpaired) electrons. The standard InChI is InChI=1S/C24H30N4O3/c1-3-21(30)28-10-8-24(9-11-28)13-16(14-31-24)22-15(2)18(23(26)27-22)12-19(25)17-6-4-5-7-20(17)29/h3-7,12,16,27,29H,1,8-11,13-14,25-26H2,2H3/b19-12-/t16-/m1/s1. The van der Waals surface area contributed by atoms with Crippen LogP contribution < -0.4 is 11.5 Å². The predicted octanol–water partition coefficient (Wildman–Crippen LogP) is 3.12. The first-order chi connectivity index (χ1) is 14.8. The van der Waals surface area contributed by atoms with Gasteiger partial charge in [0.25, 0.3) is 0 Å². The highest BCUT2D eigenvalue weighted by Gasteiger charge is 2.44. The molecule has 164 valence electrons. The first kappa shape index (κ1) is 21.1. The highest BCUT2D eigenvalue weighted by Crippen LogP contribution is 2.44. The predicted molar refractivity (Wildman–Crippen MR) is 122 cm³/mol. The number of para-hydroxylation sites is 1. The normalized spacial score (nSPS) is 20.9. The Hall–Kier alpha value is -3.19. The number of phenolic OH excluding ortho intramolecular Hbond substituents is 1. The topological polar surface area (TPSA) is 118 Å². The van der Waals surface area contributed by atoms with Gasteiger partial charge in [0.2, 0.25) is 5.91 Å². The van der Waals surface area contributed by atoms with Gasteiger partial charge in [-0.05, 0) is 56.0 Å². The van der Waals surface area contributed by atoms with E-state index in [1.807, 2.05) is 24.0 Å². The molecule has 1 atom stereocenters. The van der Waals surface area contributed by atoms with E-state index in [2.05, 4.69) is 11.6 Å². The summed E-state index contributed by atoms with van der Waals surface area (Å²) < 4.78 is 6.28. The fourth-order valence-electron chi connectivity index (χ4n) is 4.84. The van der Waals surface area contributed by atoms with Crippen molar-refractivity contribution in [2.75, 3.05) is 25.4 Å². The van der Waals surface area contributed by atoms with Crippen LogP contribution in [0.4, 0.5) is 5.82 Å². The van der Waals surface area contributed by atoms with Crippen molar-refractivity contribution in [3.63, 3.8) is 0 Å². The number of carbonyl (C=O) groups is 1. The minimum Gasteiger partial charge on any atom is -0.507 e. The van der Waals surface area contributed by atoms with Crippen molar-refractivity contribution in [3.8, 4) is 5.75 Å². The van der Waals surface area contributed by atoms with Crippen LogP contribution in [0.5, 0.6) is 5.75 Å². The van der Waals surface area contributed by atoms with E-state index in [0.717, 1.165) is 36.1 Å². The quantitative estimate of drug-likeness (QED) is 0.565. The summed E-state index contributed by atoms with van der Waals surface area (Å²) in [6.07, 6.45) is 5.72. The lowest BCUT2D eigenvalue weighted by Gasteiger charge is -2.38. The summed E-state index contributed by atoms with van der Waals surface area (Å²) in [6, 6.07) is 6.97. The van der Waals surface area contributed by atoms with Crippen LogP contribution >= 0.6 is 0 Å². The molecule has 1 aromatic heterocycles. The van der Waals surface area contributed by atoms with Gasteiger partial charge < -0.3 is 31.2 Å². The molecule has 7 nitrogen and oxygen atoms in total. The molecule has 2 aliphatic rings. The lowest BCUT2D eigenvalue weighted by molar-refractivity contribution is -0.130. The van der Waals surface area contributed by atoms with E-state index >= 15 is 0 Å². The van der Waals surface area contributed by atoms with Crippen LogP contribution in [0.15, 0.2) is 36.9 Å². The van der Waals surface area contributed by atoms with Gasteiger partial charge in [-0.25, -0.2) is 0 Å². The van der Waals surface area contributed by atoms with Gasteiger partial charge in [-0.1, -0.05) is 18.7 Å². The van der Waals surface area contributed by atoms with Gasteiger partial charge in [-0.15, -0.1) is 0 Å². The van der Waals surface area contributed by atoms with Crippen LogP contribution in [0.3, 0.4) is 0 Å². The van der Waals surface area contributed by atoms with E-state index in [9.17, 15) is 9.90 Å². The fourth-order valence-corrected chi connectivity index (χ4v) is 4.84. The van der Waals surface area contributed by atoms with Crippen LogP contribution in [-0.4, -0.2) is 46.2 Å². The Kier molecular flexibility index (Phi) is 5.54. The molecule has 1 aromatic carbocycles. The number of amides is 1. The summed E-state index contributed by atoms with van der Waals surface area (Å²) in [7, 11) is 0. The Morgan fingerprint density at radius 3 is 2.74 bits per heavy atom. The van der Waals surface area contributed by atoms with Crippen molar-refractivity contribution in [1.82, 2.24) is 9.88 Å². The second-order valence-electron chi connectivity index (χ2n) is 8.53. The van der Waals surface area contributed by atoms with E-state index < -0.39 is 0 Å². The number of nitrogens with two attached hydrogens (primary N) is 2. The molecule has 4 rings (SSSR count). The minimum atomic E-state index is -0.195. The summed E-state index contributed by atoms with van der Waals surface area (Å²) in [5.41, 5.74) is 16.3. The maximum absolute atomic E-state index is 11.9. The van der Waals surface area contributed by atoms with Crippen LogP contribution in [0.1, 0.15) is 47.6 Å². The molecule has 2 saturated heterocycles. The van der Waals surface area contributed by atoms with Crippen molar-refractivity contribution in [3.05, 3.63) is 59.3 Å². The number of nitrogens with zero attached hydrogens (tertiary/aromatic N) is 1. The molecule has 0 unspecified atom stereocenters. The minimum absolute atomic E-state index is 0.0177. The van der Waals surface area contributed by atoms with Gasteiger partial charge in [0.05, 0.1) is 12.2 Å². The van der Waals surface area contributed by atoms with Crippen LogP contribution in [0.2, 0.25) is 0 Å². The number of H-pyrrole nitrogens is 1. The second kappa shape index (κ2) is 8.15. The molecule has 2 fully saturated rings. The summed E-state index contributed by atoms with van der Waals surface area (Å²) in [5, 5.41) is 10.1. The number of aromatic amines is 1. The largest absolute Gasteiger partial charge is 0.507 e. The fraction of sp³-hybridized carbons (Fsp3) is 0.375. The molecular formula is C24H30N4O3. The number of carbonyl (C=O) groups excluding carboxylic acids is 1. The number of hydrogen-bond donors (Lipinski definition) is 4. The van der Waals surface area contributed by atoms with Gasteiger partial charge in [0, 0.05) is 41.5 Å². The molecule has 6 N–H and O–H groups in total. The van der Waals surface area contributed by atoms with E-state index in [-0.39, 0.29) is 23.2 Å². The second-order valence-corrected chi connectivity index (χ2v) is 8.53. The molecule has 3 heterocycles. The lowest BCUT2D eigenvalue weighted by atomic mass is 9.83. The third-order valence-electron chi connectivity index (χ3n) is 6.66. The zero-order chi connectivity index (χ0) is 22.2. The van der Waals surface area contributed by atoms with Crippen molar-refractivity contribution >= 4 is 23.5 Å². The average Bonchev–Trinajstić information content (AvgIpc) is 3.30. The number of ether oxygens (including phenoxy) is 1. The molecule has 7 heteroatoms. The summed E-state index contributed by atoms with van der Waals surface area (Å²) >= 11 is 0. The molecule has 1 amide bonds. The number of rotatable bonds is 4. The van der Waals surface area contributed by atoms with Crippen LogP contribution in [0.25, 0.3) is 11.8 Å². The summed E-state index contributed by atoms with van der Waals surface area (Å²) in [4.78, 5) is 17.0. The number of aromatic nitrogens is 1. The van der Waals surface area contributed by atoms with Gasteiger partial charge >= 0.3 is 0 Å². The highest BCUT2D eigenvalue weighted by atomic mass is 16.5. The molecular weight excluding hydrogens is 392 g/mol. The first-order valence-electron chi connectivity index (χ1n) is 10.6. The van der Waals surface area contributed by atoms with E-state index in [1.54, 1.807) is 18.2 Å². The van der Waals surface area contributed by atoms with Crippen LogP contribution in [0, 0.1) is 6.92 Å². The SMILES string of the molecule is C=CC(=O)N1CCC2(CC1)C[C@@H](c1[nH]c(N)c(/C=C(\N)c3ccccc3O)c1C)CO2. The molecule has 2 aromatic rings. The molecule has 0 saturated carbocycles. The number of phenols is 1. The Balaban J connectivity index is 1.52. The number of nitrogens with one attached hydrogen (secondary N) is 1. The number of anilines is 1. The first-order valence-corrected chi connectivity index (χ1v) is 10.6.